The molecule has 2 N–H and O–H groups in total. The fraction of sp³-hybridized carbons (Fsp3) is 0.147. The van der Waals surface area contributed by atoms with Crippen LogP contribution < -0.4 is 24.4 Å². The van der Waals surface area contributed by atoms with Crippen molar-refractivity contribution < 1.29 is 28.5 Å². The number of esters is 1. The lowest BCUT2D eigenvalue weighted by Crippen LogP contribution is -2.18. The highest BCUT2D eigenvalue weighted by molar-refractivity contribution is 6.31. The number of nitrogens with one attached hydrogen (secondary N) is 2. The third-order valence-corrected chi connectivity index (χ3v) is 6.84. The Bertz CT molecular complexity index is 1830. The van der Waals surface area contributed by atoms with Crippen LogP contribution in [0.15, 0.2) is 90.0 Å². The maximum atomic E-state index is 13.4. The van der Waals surface area contributed by atoms with E-state index in [1.165, 1.54) is 19.4 Å². The monoisotopic (exact) mass is 611 g/mol. The van der Waals surface area contributed by atoms with E-state index in [4.69, 9.17) is 30.5 Å². The van der Waals surface area contributed by atoms with Gasteiger partial charge in [-0.25, -0.2) is 10.2 Å². The highest BCUT2D eigenvalue weighted by atomic mass is 35.5. The smallest absolute Gasteiger partial charge is 0.347 e. The van der Waals surface area contributed by atoms with Crippen molar-refractivity contribution in [3.63, 3.8) is 0 Å². The fourth-order valence-corrected chi connectivity index (χ4v) is 4.85. The van der Waals surface area contributed by atoms with Gasteiger partial charge in [0, 0.05) is 21.5 Å². The van der Waals surface area contributed by atoms with Crippen molar-refractivity contribution in [3.8, 4) is 34.1 Å². The van der Waals surface area contributed by atoms with E-state index < -0.39 is 11.9 Å². The lowest BCUT2D eigenvalue weighted by Gasteiger charge is -2.13. The number of hydrogen-bond donors (Lipinski definition) is 2. The first-order valence-corrected chi connectivity index (χ1v) is 14.3. The molecule has 10 heteroatoms. The number of carbonyl (C=O) groups excluding carboxylic acids is 2. The standard InChI is InChI=1S/C34H30ClN3O6/c1-4-42-24-13-14-27-25(19-24)31(22-9-7-6-8-10-22)32(37-27)33(39)38-36-20-21-11-15-29(30(17-21)43-5-2)44-34(40)26-18-23(35)12-16-28(26)41-3/h6-20,37H,4-5H2,1-3H3,(H,38,39). The molecule has 0 aliphatic carbocycles. The van der Waals surface area contributed by atoms with Crippen LogP contribution >= 0.6 is 11.6 Å². The van der Waals surface area contributed by atoms with Gasteiger partial charge in [0.05, 0.1) is 26.5 Å². The molecule has 1 amide bonds. The van der Waals surface area contributed by atoms with Crippen molar-refractivity contribution >= 4 is 40.6 Å². The van der Waals surface area contributed by atoms with Gasteiger partial charge in [-0.3, -0.25) is 4.79 Å². The molecule has 4 aromatic carbocycles. The molecule has 9 nitrogen and oxygen atoms in total. The second kappa shape index (κ2) is 13.8. The molecule has 0 bridgehead atoms. The molecule has 44 heavy (non-hydrogen) atoms. The molecule has 1 aromatic heterocycles. The van der Waals surface area contributed by atoms with Crippen molar-refractivity contribution in [1.29, 1.82) is 0 Å². The molecule has 1 heterocycles. The Labute approximate surface area is 259 Å². The van der Waals surface area contributed by atoms with E-state index in [9.17, 15) is 9.59 Å². The van der Waals surface area contributed by atoms with Gasteiger partial charge in [0.15, 0.2) is 11.5 Å². The molecule has 0 saturated carbocycles. The van der Waals surface area contributed by atoms with Gasteiger partial charge in [-0.1, -0.05) is 41.9 Å². The number of aromatic amines is 1. The van der Waals surface area contributed by atoms with Gasteiger partial charge in [0.2, 0.25) is 0 Å². The molecule has 5 aromatic rings. The number of methoxy groups -OCH3 is 1. The third-order valence-electron chi connectivity index (χ3n) is 6.60. The highest BCUT2D eigenvalue weighted by Crippen LogP contribution is 2.35. The van der Waals surface area contributed by atoms with Gasteiger partial charge < -0.3 is 23.9 Å². The molecule has 5 rings (SSSR count). The Morgan fingerprint density at radius 3 is 2.41 bits per heavy atom. The van der Waals surface area contributed by atoms with Gasteiger partial charge in [-0.15, -0.1) is 0 Å². The first-order valence-electron chi connectivity index (χ1n) is 13.9. The quantitative estimate of drug-likeness (QED) is 0.0703. The van der Waals surface area contributed by atoms with Gasteiger partial charge in [-0.2, -0.15) is 5.10 Å². The number of halogens is 1. The van der Waals surface area contributed by atoms with Crippen molar-refractivity contribution in [2.75, 3.05) is 20.3 Å². The molecular weight excluding hydrogens is 582 g/mol. The minimum absolute atomic E-state index is 0.178. The SMILES string of the molecule is CCOc1ccc2[nH]c(C(=O)NN=Cc3ccc(OC(=O)c4cc(Cl)ccc4OC)c(OCC)c3)c(-c3ccccc3)c2c1. The molecule has 0 unspecified atom stereocenters. The van der Waals surface area contributed by atoms with Crippen LogP contribution in [0.2, 0.25) is 5.02 Å². The van der Waals surface area contributed by atoms with E-state index in [2.05, 4.69) is 15.5 Å². The maximum Gasteiger partial charge on any atom is 0.347 e. The summed E-state index contributed by atoms with van der Waals surface area (Å²) < 4.78 is 22.3. The Kier molecular flexibility index (Phi) is 9.46. The van der Waals surface area contributed by atoms with Crippen LogP contribution in [-0.2, 0) is 0 Å². The molecule has 0 aliphatic heterocycles. The van der Waals surface area contributed by atoms with Crippen molar-refractivity contribution in [3.05, 3.63) is 107 Å². The average molecular weight is 612 g/mol. The number of rotatable bonds is 11. The summed E-state index contributed by atoms with van der Waals surface area (Å²) in [5, 5.41) is 5.41. The maximum absolute atomic E-state index is 13.4. The number of carbonyl (C=O) groups is 2. The Morgan fingerprint density at radius 2 is 1.66 bits per heavy atom. The van der Waals surface area contributed by atoms with Crippen LogP contribution in [0.25, 0.3) is 22.0 Å². The average Bonchev–Trinajstić information content (AvgIpc) is 3.42. The Balaban J connectivity index is 1.37. The first-order chi connectivity index (χ1) is 21.4. The summed E-state index contributed by atoms with van der Waals surface area (Å²) in [5.41, 5.74) is 6.18. The van der Waals surface area contributed by atoms with Crippen LogP contribution in [-0.4, -0.2) is 43.4 Å². The number of aromatic nitrogens is 1. The Morgan fingerprint density at radius 1 is 0.886 bits per heavy atom. The molecule has 0 radical (unpaired) electrons. The number of ether oxygens (including phenoxy) is 4. The summed E-state index contributed by atoms with van der Waals surface area (Å²) in [6.07, 6.45) is 1.48. The predicted molar refractivity (Wildman–Crippen MR) is 171 cm³/mol. The highest BCUT2D eigenvalue weighted by Gasteiger charge is 2.20. The van der Waals surface area contributed by atoms with Crippen molar-refractivity contribution in [1.82, 2.24) is 10.4 Å². The van der Waals surface area contributed by atoms with E-state index in [0.29, 0.717) is 46.7 Å². The topological polar surface area (TPSA) is 111 Å². The number of hydrogen-bond acceptors (Lipinski definition) is 7. The normalized spacial score (nSPS) is 11.0. The van der Waals surface area contributed by atoms with Crippen LogP contribution in [0.5, 0.6) is 23.0 Å². The van der Waals surface area contributed by atoms with Crippen LogP contribution in [0.4, 0.5) is 0 Å². The molecule has 224 valence electrons. The lowest BCUT2D eigenvalue weighted by molar-refractivity contribution is 0.0724. The number of benzene rings is 4. The van der Waals surface area contributed by atoms with Crippen LogP contribution in [0, 0.1) is 0 Å². The van der Waals surface area contributed by atoms with Crippen LogP contribution in [0.3, 0.4) is 0 Å². The molecule has 0 saturated heterocycles. The van der Waals surface area contributed by atoms with Gasteiger partial charge >= 0.3 is 5.97 Å². The summed E-state index contributed by atoms with van der Waals surface area (Å²) >= 11 is 6.07. The zero-order valence-electron chi connectivity index (χ0n) is 24.3. The van der Waals surface area contributed by atoms with Crippen LogP contribution in [0.1, 0.15) is 40.3 Å². The minimum atomic E-state index is -0.653. The van der Waals surface area contributed by atoms with E-state index in [0.717, 1.165) is 22.0 Å². The predicted octanol–water partition coefficient (Wildman–Crippen LogP) is 7.28. The number of fused-ring (bicyclic) bond motifs is 1. The summed E-state index contributed by atoms with van der Waals surface area (Å²) in [4.78, 5) is 29.5. The minimum Gasteiger partial charge on any atom is -0.496 e. The lowest BCUT2D eigenvalue weighted by atomic mass is 10.0. The van der Waals surface area contributed by atoms with Crippen molar-refractivity contribution in [2.24, 2.45) is 5.10 Å². The molecule has 0 aliphatic rings. The fourth-order valence-electron chi connectivity index (χ4n) is 4.68. The van der Waals surface area contributed by atoms with E-state index in [1.807, 2.05) is 62.4 Å². The Hall–Kier alpha value is -5.28. The second-order valence-corrected chi connectivity index (χ2v) is 9.89. The summed E-state index contributed by atoms with van der Waals surface area (Å²) in [5.74, 6) is 0.505. The third kappa shape index (κ3) is 6.68. The largest absolute Gasteiger partial charge is 0.496 e. The van der Waals surface area contributed by atoms with Gasteiger partial charge in [0.1, 0.15) is 22.8 Å². The zero-order valence-corrected chi connectivity index (χ0v) is 25.1. The van der Waals surface area contributed by atoms with Gasteiger partial charge in [-0.05, 0) is 79.6 Å². The molecular formula is C34H30ClN3O6. The van der Waals surface area contributed by atoms with Gasteiger partial charge in [0.25, 0.3) is 5.91 Å². The number of nitrogens with zero attached hydrogens (tertiary/aromatic N) is 1. The zero-order chi connectivity index (χ0) is 31.1. The molecule has 0 atom stereocenters. The number of amides is 1. The van der Waals surface area contributed by atoms with Crippen molar-refractivity contribution in [2.45, 2.75) is 13.8 Å². The molecule has 0 spiro atoms. The van der Waals surface area contributed by atoms with E-state index in [1.54, 1.807) is 30.3 Å². The van der Waals surface area contributed by atoms with E-state index in [-0.39, 0.29) is 11.3 Å². The second-order valence-electron chi connectivity index (χ2n) is 9.45. The number of H-pyrrole nitrogens is 1. The summed E-state index contributed by atoms with van der Waals surface area (Å²) in [7, 11) is 1.46. The first kappa shape index (κ1) is 30.2. The molecule has 0 fully saturated rings. The number of hydrazone groups is 1. The summed E-state index contributed by atoms with van der Waals surface area (Å²) in [6.45, 7) is 4.60. The summed E-state index contributed by atoms with van der Waals surface area (Å²) in [6, 6.07) is 24.9. The van der Waals surface area contributed by atoms with E-state index >= 15 is 0 Å².